The molecule has 0 radical (unpaired) electrons. The van der Waals surface area contributed by atoms with Gasteiger partial charge in [0.25, 0.3) is 0 Å². The summed E-state index contributed by atoms with van der Waals surface area (Å²) < 4.78 is 8.86. The fourth-order valence-corrected chi connectivity index (χ4v) is 3.60. The summed E-state index contributed by atoms with van der Waals surface area (Å²) in [5, 5.41) is 3.28. The van der Waals surface area contributed by atoms with Crippen molar-refractivity contribution in [1.82, 2.24) is 19.5 Å². The second kappa shape index (κ2) is 6.77. The van der Waals surface area contributed by atoms with Gasteiger partial charge in [0.05, 0.1) is 6.20 Å². The maximum atomic E-state index is 11.9. The first kappa shape index (κ1) is 17.1. The highest BCUT2D eigenvalue weighted by Gasteiger charge is 2.29. The van der Waals surface area contributed by atoms with Crippen LogP contribution in [0.1, 0.15) is 12.8 Å². The summed E-state index contributed by atoms with van der Waals surface area (Å²) in [5.41, 5.74) is 1.49. The summed E-state index contributed by atoms with van der Waals surface area (Å²) in [5.74, 6) is 1.55. The lowest BCUT2D eigenvalue weighted by atomic mass is 10.3. The standard InChI is InChI=1S/C17H18ClN5O2S/c1-23-14-13(18)11(8-20-15(14)22-17(23)26-2)25-10-5-6-19-12(7-10)21-16(24)9-3-4-9/h5-9,26H,3-4H2,1-2H3,(H,20,22)(H,19,21,24). The van der Waals surface area contributed by atoms with Crippen LogP contribution in [0.15, 0.2) is 24.5 Å². The van der Waals surface area contributed by atoms with Crippen LogP contribution in [0.3, 0.4) is 0 Å². The van der Waals surface area contributed by atoms with E-state index in [1.54, 1.807) is 24.5 Å². The summed E-state index contributed by atoms with van der Waals surface area (Å²) in [6.45, 7) is 0. The average Bonchev–Trinajstić information content (AvgIpc) is 3.42. The van der Waals surface area contributed by atoms with Crippen LogP contribution in [0.2, 0.25) is 5.02 Å². The molecule has 3 aromatic rings. The molecule has 0 saturated heterocycles. The lowest BCUT2D eigenvalue weighted by Crippen LogP contribution is -2.14. The number of pyridine rings is 2. The topological polar surface area (TPSA) is 84.8 Å². The van der Waals surface area contributed by atoms with Gasteiger partial charge in [0.2, 0.25) is 5.91 Å². The number of amides is 1. The van der Waals surface area contributed by atoms with E-state index in [0.29, 0.717) is 28.0 Å². The van der Waals surface area contributed by atoms with Crippen molar-refractivity contribution in [2.75, 3.05) is 11.6 Å². The molecular formula is C17H18ClN5O2S. The quantitative estimate of drug-likeness (QED) is 0.467. The molecule has 0 bridgehead atoms. The molecular weight excluding hydrogens is 374 g/mol. The summed E-state index contributed by atoms with van der Waals surface area (Å²) in [6, 6.07) is 3.38. The number of H-pyrrole nitrogens is 1. The lowest BCUT2D eigenvalue weighted by Gasteiger charge is -2.10. The number of hydrogen-bond donors (Lipinski definition) is 3. The fraction of sp³-hybridized carbons (Fsp3) is 0.294. The van der Waals surface area contributed by atoms with Crippen molar-refractivity contribution in [2.24, 2.45) is 13.0 Å². The first-order valence-electron chi connectivity index (χ1n) is 8.17. The van der Waals surface area contributed by atoms with Crippen molar-refractivity contribution >= 4 is 45.8 Å². The Bertz CT molecular complexity index is 1070. The van der Waals surface area contributed by atoms with E-state index in [0.717, 1.165) is 34.5 Å². The van der Waals surface area contributed by atoms with Crippen LogP contribution < -0.4 is 10.1 Å². The number of ether oxygens (including phenoxy) is 1. The molecule has 2 N–H and O–H groups in total. The second-order valence-electron chi connectivity index (χ2n) is 6.11. The van der Waals surface area contributed by atoms with E-state index in [4.69, 9.17) is 16.3 Å². The first-order chi connectivity index (χ1) is 12.6. The van der Waals surface area contributed by atoms with Gasteiger partial charge in [-0.25, -0.2) is 9.97 Å². The minimum absolute atomic E-state index is 0.00128. The Balaban J connectivity index is 1.63. The number of halogens is 1. The number of carbonyl (C=O) groups excluding carboxylic acids is 1. The van der Waals surface area contributed by atoms with Gasteiger partial charge >= 0.3 is 0 Å². The SMILES string of the molecule is C/[SH]=c1\[nH]c2ncc(Oc3ccnc(NC(=O)C4CC4)c3)c(Cl)c2n1C. The van der Waals surface area contributed by atoms with Crippen molar-refractivity contribution in [1.29, 1.82) is 0 Å². The van der Waals surface area contributed by atoms with Gasteiger partial charge in [0.1, 0.15) is 26.9 Å². The molecule has 4 rings (SSSR count). The Kier molecular flexibility index (Phi) is 4.46. The number of fused-ring (bicyclic) bond motifs is 1. The van der Waals surface area contributed by atoms with Crippen molar-refractivity contribution in [3.8, 4) is 11.5 Å². The number of nitrogens with zero attached hydrogens (tertiary/aromatic N) is 3. The highest BCUT2D eigenvalue weighted by Crippen LogP contribution is 2.35. The molecule has 0 unspecified atom stereocenters. The molecule has 1 aliphatic rings. The van der Waals surface area contributed by atoms with Crippen LogP contribution in [0.25, 0.3) is 11.2 Å². The Morgan fingerprint density at radius 2 is 2.27 bits per heavy atom. The van der Waals surface area contributed by atoms with E-state index in [9.17, 15) is 4.79 Å². The normalized spacial score (nSPS) is 15.0. The van der Waals surface area contributed by atoms with Crippen LogP contribution in [0.4, 0.5) is 5.82 Å². The molecule has 0 aromatic carbocycles. The summed E-state index contributed by atoms with van der Waals surface area (Å²) in [4.78, 5) is 23.7. The average molecular weight is 392 g/mol. The maximum absolute atomic E-state index is 11.9. The van der Waals surface area contributed by atoms with Gasteiger partial charge in [-0.2, -0.15) is 11.4 Å². The third-order valence-electron chi connectivity index (χ3n) is 4.21. The molecule has 0 spiro atoms. The van der Waals surface area contributed by atoms with Gasteiger partial charge < -0.3 is 19.6 Å². The Morgan fingerprint density at radius 1 is 1.46 bits per heavy atom. The molecule has 136 valence electrons. The van der Waals surface area contributed by atoms with E-state index in [1.165, 1.54) is 0 Å². The van der Waals surface area contributed by atoms with Crippen molar-refractivity contribution in [2.45, 2.75) is 12.8 Å². The third kappa shape index (κ3) is 3.22. The highest BCUT2D eigenvalue weighted by atomic mass is 35.5. The smallest absolute Gasteiger partial charge is 0.228 e. The molecule has 3 heterocycles. The van der Waals surface area contributed by atoms with E-state index in [2.05, 4.69) is 20.3 Å². The van der Waals surface area contributed by atoms with Crippen LogP contribution in [-0.4, -0.2) is 31.7 Å². The number of hydrogen-bond acceptors (Lipinski definition) is 4. The van der Waals surface area contributed by atoms with Gasteiger partial charge in [0, 0.05) is 25.2 Å². The zero-order chi connectivity index (χ0) is 18.3. The van der Waals surface area contributed by atoms with Crippen LogP contribution >= 0.6 is 23.0 Å². The molecule has 26 heavy (non-hydrogen) atoms. The minimum atomic E-state index is 0.00128. The minimum Gasteiger partial charge on any atom is -0.454 e. The number of imidazole rings is 1. The third-order valence-corrected chi connectivity index (χ3v) is 5.41. The largest absolute Gasteiger partial charge is 0.454 e. The zero-order valence-electron chi connectivity index (χ0n) is 14.3. The Labute approximate surface area is 158 Å². The monoisotopic (exact) mass is 391 g/mol. The van der Waals surface area contributed by atoms with Gasteiger partial charge in [-0.15, -0.1) is 0 Å². The number of aromatic nitrogens is 4. The predicted molar refractivity (Wildman–Crippen MR) is 104 cm³/mol. The zero-order valence-corrected chi connectivity index (χ0v) is 15.9. The molecule has 0 aliphatic heterocycles. The number of carbonyl (C=O) groups is 1. The van der Waals surface area contributed by atoms with E-state index >= 15 is 0 Å². The molecule has 1 saturated carbocycles. The second-order valence-corrected chi connectivity index (χ2v) is 7.36. The van der Waals surface area contributed by atoms with E-state index in [1.807, 2.05) is 17.9 Å². The van der Waals surface area contributed by atoms with Gasteiger partial charge in [-0.3, -0.25) is 4.79 Å². The number of aromatic amines is 1. The number of thiol groups is 1. The van der Waals surface area contributed by atoms with Crippen molar-refractivity contribution in [3.63, 3.8) is 0 Å². The number of aryl methyl sites for hydroxylation is 1. The fourth-order valence-electron chi connectivity index (χ4n) is 2.68. The molecule has 1 amide bonds. The van der Waals surface area contributed by atoms with E-state index in [-0.39, 0.29) is 11.8 Å². The summed E-state index contributed by atoms with van der Waals surface area (Å²) in [7, 11) is 1.93. The first-order valence-corrected chi connectivity index (χ1v) is 9.89. The Hall–Kier alpha value is -2.32. The van der Waals surface area contributed by atoms with Crippen LogP contribution in [-0.2, 0) is 11.8 Å². The van der Waals surface area contributed by atoms with Gasteiger partial charge in [-0.05, 0) is 25.2 Å². The highest BCUT2D eigenvalue weighted by molar-refractivity contribution is 7.90. The van der Waals surface area contributed by atoms with Crippen molar-refractivity contribution < 1.29 is 9.53 Å². The number of nitrogens with one attached hydrogen (secondary N) is 2. The number of rotatable bonds is 4. The molecule has 1 fully saturated rings. The molecule has 1 aliphatic carbocycles. The maximum Gasteiger partial charge on any atom is 0.228 e. The summed E-state index contributed by atoms with van der Waals surface area (Å²) >= 11 is 7.63. The lowest BCUT2D eigenvalue weighted by molar-refractivity contribution is -0.117. The van der Waals surface area contributed by atoms with Crippen LogP contribution in [0.5, 0.6) is 11.5 Å². The molecule has 3 aromatic heterocycles. The van der Waals surface area contributed by atoms with E-state index < -0.39 is 0 Å². The molecule has 0 atom stereocenters. The van der Waals surface area contributed by atoms with Gasteiger partial charge in [-0.1, -0.05) is 11.6 Å². The number of anilines is 1. The molecule has 7 nitrogen and oxygen atoms in total. The van der Waals surface area contributed by atoms with Crippen LogP contribution in [0, 0.1) is 10.7 Å². The summed E-state index contributed by atoms with van der Waals surface area (Å²) in [6.07, 6.45) is 7.08. The van der Waals surface area contributed by atoms with Gasteiger partial charge in [0.15, 0.2) is 11.4 Å². The Morgan fingerprint density at radius 3 is 3.00 bits per heavy atom. The molecule has 9 heteroatoms. The predicted octanol–water partition coefficient (Wildman–Crippen LogP) is 3.72. The van der Waals surface area contributed by atoms with Crippen molar-refractivity contribution in [3.05, 3.63) is 34.3 Å².